The van der Waals surface area contributed by atoms with Crippen LogP contribution in [0, 0.1) is 5.82 Å². The summed E-state index contributed by atoms with van der Waals surface area (Å²) in [7, 11) is 0. The summed E-state index contributed by atoms with van der Waals surface area (Å²) in [4.78, 5) is 0. The van der Waals surface area contributed by atoms with E-state index in [-0.39, 0.29) is 5.82 Å². The predicted molar refractivity (Wildman–Crippen MR) is 63.7 cm³/mol. The van der Waals surface area contributed by atoms with Gasteiger partial charge in [-0.05, 0) is 61.1 Å². The van der Waals surface area contributed by atoms with Gasteiger partial charge in [0.15, 0.2) is 0 Å². The molecule has 84 valence electrons. The highest BCUT2D eigenvalue weighted by Crippen LogP contribution is 2.32. The first-order chi connectivity index (χ1) is 7.84. The predicted octanol–water partition coefficient (Wildman–Crippen LogP) is 2.91. The van der Waals surface area contributed by atoms with Crippen LogP contribution in [0.2, 0.25) is 0 Å². The molecular weight excluding hydrogens is 201 g/mol. The van der Waals surface area contributed by atoms with E-state index in [1.165, 1.54) is 29.5 Å². The molecule has 2 aliphatic rings. The van der Waals surface area contributed by atoms with E-state index in [1.54, 1.807) is 12.1 Å². The van der Waals surface area contributed by atoms with Crippen molar-refractivity contribution in [3.05, 3.63) is 41.2 Å². The van der Waals surface area contributed by atoms with Crippen LogP contribution < -0.4 is 5.32 Å². The summed E-state index contributed by atoms with van der Waals surface area (Å²) in [6, 6.07) is 5.70. The Kier molecular flexibility index (Phi) is 2.52. The lowest BCUT2D eigenvalue weighted by Gasteiger charge is -2.22. The van der Waals surface area contributed by atoms with E-state index in [0.29, 0.717) is 6.04 Å². The number of rotatable bonds is 1. The Bertz CT molecular complexity index is 430. The molecular formula is C14H16FN. The third-order valence-corrected chi connectivity index (χ3v) is 3.59. The van der Waals surface area contributed by atoms with E-state index in [0.717, 1.165) is 19.4 Å². The standard InChI is InChI=1S/C14H16FN/c15-11-6-7-12-10(9-11)3-1-4-13(12)14-5-2-8-16-14/h4,6-7,9,14,16H,1-3,5,8H2. The lowest BCUT2D eigenvalue weighted by Crippen LogP contribution is -2.24. The van der Waals surface area contributed by atoms with Gasteiger partial charge in [-0.2, -0.15) is 0 Å². The molecule has 1 aromatic carbocycles. The van der Waals surface area contributed by atoms with Gasteiger partial charge < -0.3 is 5.32 Å². The fourth-order valence-electron chi connectivity index (χ4n) is 2.82. The van der Waals surface area contributed by atoms with Crippen molar-refractivity contribution in [1.82, 2.24) is 5.32 Å². The Balaban J connectivity index is 1.99. The Morgan fingerprint density at radius 1 is 1.31 bits per heavy atom. The van der Waals surface area contributed by atoms with Gasteiger partial charge in [-0.25, -0.2) is 4.39 Å². The molecule has 3 rings (SSSR count). The highest BCUT2D eigenvalue weighted by molar-refractivity contribution is 5.73. The molecule has 0 amide bonds. The number of hydrogen-bond donors (Lipinski definition) is 1. The molecule has 1 unspecified atom stereocenters. The molecule has 1 aliphatic carbocycles. The van der Waals surface area contributed by atoms with Crippen LogP contribution in [0.1, 0.15) is 30.4 Å². The average Bonchev–Trinajstić information content (AvgIpc) is 2.81. The summed E-state index contributed by atoms with van der Waals surface area (Å²) in [6.45, 7) is 1.11. The summed E-state index contributed by atoms with van der Waals surface area (Å²) in [5.41, 5.74) is 3.82. The van der Waals surface area contributed by atoms with Gasteiger partial charge in [0.2, 0.25) is 0 Å². The van der Waals surface area contributed by atoms with Crippen molar-refractivity contribution in [3.63, 3.8) is 0 Å². The molecule has 1 fully saturated rings. The first kappa shape index (κ1) is 10.0. The molecule has 0 aromatic heterocycles. The van der Waals surface area contributed by atoms with Crippen molar-refractivity contribution in [2.45, 2.75) is 31.7 Å². The van der Waals surface area contributed by atoms with Crippen molar-refractivity contribution < 1.29 is 4.39 Å². The molecule has 1 nitrogen and oxygen atoms in total. The molecule has 0 bridgehead atoms. The zero-order chi connectivity index (χ0) is 11.0. The molecule has 2 heteroatoms. The van der Waals surface area contributed by atoms with Crippen LogP contribution in [0.4, 0.5) is 4.39 Å². The number of fused-ring (bicyclic) bond motifs is 1. The van der Waals surface area contributed by atoms with Crippen LogP contribution in [0.3, 0.4) is 0 Å². The zero-order valence-electron chi connectivity index (χ0n) is 9.30. The van der Waals surface area contributed by atoms with Gasteiger partial charge in [-0.1, -0.05) is 12.1 Å². The van der Waals surface area contributed by atoms with Gasteiger partial charge in [0, 0.05) is 6.04 Å². The number of hydrogen-bond acceptors (Lipinski definition) is 1. The van der Waals surface area contributed by atoms with Crippen LogP contribution in [-0.4, -0.2) is 12.6 Å². The van der Waals surface area contributed by atoms with Crippen LogP contribution in [0.5, 0.6) is 0 Å². The SMILES string of the molecule is Fc1ccc2c(c1)CCC=C2C1CCCN1. The second-order valence-electron chi connectivity index (χ2n) is 4.65. The Labute approximate surface area is 95.4 Å². The minimum absolute atomic E-state index is 0.112. The summed E-state index contributed by atoms with van der Waals surface area (Å²) in [6.07, 6.45) is 6.80. The van der Waals surface area contributed by atoms with Gasteiger partial charge in [0.05, 0.1) is 0 Å². The quantitative estimate of drug-likeness (QED) is 0.762. The topological polar surface area (TPSA) is 12.0 Å². The lowest BCUT2D eigenvalue weighted by molar-refractivity contribution is 0.624. The summed E-state index contributed by atoms with van der Waals surface area (Å²) in [5.74, 6) is -0.112. The second kappa shape index (κ2) is 4.02. The molecule has 1 saturated heterocycles. The van der Waals surface area contributed by atoms with Crippen molar-refractivity contribution in [2.75, 3.05) is 6.54 Å². The molecule has 1 aliphatic heterocycles. The monoisotopic (exact) mass is 217 g/mol. The maximum absolute atomic E-state index is 13.2. The summed E-state index contributed by atoms with van der Waals surface area (Å²) >= 11 is 0. The van der Waals surface area contributed by atoms with E-state index in [2.05, 4.69) is 11.4 Å². The van der Waals surface area contributed by atoms with E-state index in [9.17, 15) is 4.39 Å². The van der Waals surface area contributed by atoms with E-state index in [4.69, 9.17) is 0 Å². The van der Waals surface area contributed by atoms with Gasteiger partial charge in [0.1, 0.15) is 5.82 Å². The number of benzene rings is 1. The molecule has 0 saturated carbocycles. The minimum Gasteiger partial charge on any atom is -0.310 e. The average molecular weight is 217 g/mol. The first-order valence-corrected chi connectivity index (χ1v) is 6.07. The third kappa shape index (κ3) is 1.67. The number of allylic oxidation sites excluding steroid dienone is 1. The Morgan fingerprint density at radius 3 is 3.06 bits per heavy atom. The normalized spacial score (nSPS) is 24.1. The Morgan fingerprint density at radius 2 is 2.25 bits per heavy atom. The van der Waals surface area contributed by atoms with Crippen molar-refractivity contribution in [1.29, 1.82) is 0 Å². The molecule has 0 radical (unpaired) electrons. The third-order valence-electron chi connectivity index (χ3n) is 3.59. The van der Waals surface area contributed by atoms with Crippen molar-refractivity contribution in [3.8, 4) is 0 Å². The second-order valence-corrected chi connectivity index (χ2v) is 4.65. The fraction of sp³-hybridized carbons (Fsp3) is 0.429. The molecule has 1 heterocycles. The smallest absolute Gasteiger partial charge is 0.123 e. The molecule has 1 aromatic rings. The maximum Gasteiger partial charge on any atom is 0.123 e. The van der Waals surface area contributed by atoms with E-state index >= 15 is 0 Å². The number of nitrogens with one attached hydrogen (secondary N) is 1. The summed E-state index contributed by atoms with van der Waals surface area (Å²) < 4.78 is 13.2. The highest BCUT2D eigenvalue weighted by atomic mass is 19.1. The molecule has 0 spiro atoms. The van der Waals surface area contributed by atoms with Crippen LogP contribution in [0.25, 0.3) is 5.57 Å². The molecule has 16 heavy (non-hydrogen) atoms. The van der Waals surface area contributed by atoms with Gasteiger partial charge in [-0.15, -0.1) is 0 Å². The lowest BCUT2D eigenvalue weighted by atomic mass is 9.86. The maximum atomic E-state index is 13.2. The highest BCUT2D eigenvalue weighted by Gasteiger charge is 2.23. The molecule has 1 atom stereocenters. The summed E-state index contributed by atoms with van der Waals surface area (Å²) in [5, 5.41) is 3.52. The van der Waals surface area contributed by atoms with Gasteiger partial charge in [-0.3, -0.25) is 0 Å². The van der Waals surface area contributed by atoms with Gasteiger partial charge in [0.25, 0.3) is 0 Å². The van der Waals surface area contributed by atoms with Crippen LogP contribution in [0.15, 0.2) is 24.3 Å². The Hall–Kier alpha value is -1.15. The van der Waals surface area contributed by atoms with Crippen LogP contribution >= 0.6 is 0 Å². The fourth-order valence-corrected chi connectivity index (χ4v) is 2.82. The zero-order valence-corrected chi connectivity index (χ0v) is 9.30. The molecule has 1 N–H and O–H groups in total. The van der Waals surface area contributed by atoms with Gasteiger partial charge >= 0.3 is 0 Å². The number of aryl methyl sites for hydroxylation is 1. The first-order valence-electron chi connectivity index (χ1n) is 6.07. The largest absolute Gasteiger partial charge is 0.310 e. The van der Waals surface area contributed by atoms with Crippen molar-refractivity contribution >= 4 is 5.57 Å². The van der Waals surface area contributed by atoms with E-state index < -0.39 is 0 Å². The van der Waals surface area contributed by atoms with Crippen LogP contribution in [-0.2, 0) is 6.42 Å². The van der Waals surface area contributed by atoms with Crippen molar-refractivity contribution in [2.24, 2.45) is 0 Å². The number of halogens is 1. The minimum atomic E-state index is -0.112. The van der Waals surface area contributed by atoms with E-state index in [1.807, 2.05) is 6.07 Å².